The first-order valence-corrected chi connectivity index (χ1v) is 6.44. The molecule has 110 valence electrons. The lowest BCUT2D eigenvalue weighted by Gasteiger charge is -2.22. The van der Waals surface area contributed by atoms with Crippen molar-refractivity contribution >= 4 is 11.7 Å². The molecule has 0 fully saturated rings. The van der Waals surface area contributed by atoms with E-state index in [1.54, 1.807) is 0 Å². The predicted octanol–water partition coefficient (Wildman–Crippen LogP) is 0.570. The maximum Gasteiger partial charge on any atom is 0.190 e. The van der Waals surface area contributed by atoms with E-state index in [1.807, 2.05) is 35.2 Å². The highest BCUT2D eigenvalue weighted by Gasteiger charge is 2.10. The average Bonchev–Trinajstić information content (AvgIpc) is 2.55. The number of aliphatic hydroxyl groups excluding tert-OH is 1. The van der Waals surface area contributed by atoms with E-state index in [-0.39, 0.29) is 12.4 Å². The van der Waals surface area contributed by atoms with Crippen molar-refractivity contribution in [1.82, 2.24) is 9.97 Å². The zero-order valence-electron chi connectivity index (χ0n) is 11.4. The lowest BCUT2D eigenvalue weighted by atomic mass is 10.2. The second kappa shape index (κ2) is 7.20. The molecule has 7 nitrogen and oxygen atoms in total. The Hall–Kier alpha value is -2.67. The highest BCUT2D eigenvalue weighted by atomic mass is 16.4. The molecule has 1 aromatic carbocycles. The summed E-state index contributed by atoms with van der Waals surface area (Å²) in [6, 6.07) is 9.87. The van der Waals surface area contributed by atoms with Crippen LogP contribution in [0, 0.1) is 0 Å². The van der Waals surface area contributed by atoms with E-state index in [2.05, 4.69) is 15.1 Å². The van der Waals surface area contributed by atoms with E-state index in [4.69, 9.17) is 10.9 Å². The summed E-state index contributed by atoms with van der Waals surface area (Å²) >= 11 is 0. The SMILES string of the molecule is NC(=NO)c1cnc(N(CCO)Cc2ccccc2)cn1. The topological polar surface area (TPSA) is 108 Å². The van der Waals surface area contributed by atoms with Gasteiger partial charge in [0, 0.05) is 13.1 Å². The second-order valence-electron chi connectivity index (χ2n) is 4.38. The van der Waals surface area contributed by atoms with Crippen LogP contribution < -0.4 is 10.6 Å². The lowest BCUT2D eigenvalue weighted by molar-refractivity contribution is 0.301. The molecule has 1 aromatic heterocycles. The number of hydrogen-bond acceptors (Lipinski definition) is 6. The largest absolute Gasteiger partial charge is 0.409 e. The number of anilines is 1. The Morgan fingerprint density at radius 1 is 1.19 bits per heavy atom. The van der Waals surface area contributed by atoms with Crippen molar-refractivity contribution in [1.29, 1.82) is 0 Å². The number of amidine groups is 1. The van der Waals surface area contributed by atoms with Gasteiger partial charge in [-0.15, -0.1) is 0 Å². The third kappa shape index (κ3) is 3.90. The molecule has 0 spiro atoms. The summed E-state index contributed by atoms with van der Waals surface area (Å²) in [5, 5.41) is 20.7. The first-order valence-electron chi connectivity index (χ1n) is 6.44. The molecule has 2 aromatic rings. The fraction of sp³-hybridized carbons (Fsp3) is 0.214. The number of hydrogen-bond donors (Lipinski definition) is 3. The Balaban J connectivity index is 2.18. The summed E-state index contributed by atoms with van der Waals surface area (Å²) in [4.78, 5) is 10.2. The molecule has 0 amide bonds. The molecule has 0 aliphatic carbocycles. The van der Waals surface area contributed by atoms with Gasteiger partial charge in [-0.25, -0.2) is 9.97 Å². The van der Waals surface area contributed by atoms with Crippen molar-refractivity contribution < 1.29 is 10.3 Å². The summed E-state index contributed by atoms with van der Waals surface area (Å²) in [5.41, 5.74) is 6.85. The van der Waals surface area contributed by atoms with E-state index >= 15 is 0 Å². The highest BCUT2D eigenvalue weighted by molar-refractivity contribution is 5.94. The number of oxime groups is 1. The standard InChI is InChI=1S/C14H17N5O2/c15-14(18-21)12-8-17-13(9-16-12)19(6-7-20)10-11-4-2-1-3-5-11/h1-5,8-9,20-21H,6-7,10H2,(H2,15,18). The molecule has 0 atom stereocenters. The van der Waals surface area contributed by atoms with Gasteiger partial charge in [-0.05, 0) is 5.56 Å². The van der Waals surface area contributed by atoms with Crippen LogP contribution in [-0.4, -0.2) is 39.3 Å². The van der Waals surface area contributed by atoms with Gasteiger partial charge in [0.25, 0.3) is 0 Å². The minimum absolute atomic E-state index is 0.0104. The van der Waals surface area contributed by atoms with Crippen LogP contribution >= 0.6 is 0 Å². The van der Waals surface area contributed by atoms with Crippen LogP contribution in [0.1, 0.15) is 11.3 Å². The third-order valence-electron chi connectivity index (χ3n) is 2.92. The maximum absolute atomic E-state index is 9.19. The van der Waals surface area contributed by atoms with E-state index in [0.717, 1.165) is 5.56 Å². The fourth-order valence-corrected chi connectivity index (χ4v) is 1.87. The van der Waals surface area contributed by atoms with Gasteiger partial charge >= 0.3 is 0 Å². The first-order chi connectivity index (χ1) is 10.2. The van der Waals surface area contributed by atoms with Gasteiger partial charge in [0.05, 0.1) is 19.0 Å². The normalized spacial score (nSPS) is 11.4. The van der Waals surface area contributed by atoms with Crippen LogP contribution in [-0.2, 0) is 6.54 Å². The Morgan fingerprint density at radius 3 is 2.52 bits per heavy atom. The van der Waals surface area contributed by atoms with Crippen LogP contribution in [0.2, 0.25) is 0 Å². The molecule has 7 heteroatoms. The van der Waals surface area contributed by atoms with Gasteiger partial charge in [0.2, 0.25) is 0 Å². The number of aliphatic hydroxyl groups is 1. The summed E-state index contributed by atoms with van der Waals surface area (Å²) in [6.07, 6.45) is 2.96. The number of nitrogens with zero attached hydrogens (tertiary/aromatic N) is 4. The van der Waals surface area contributed by atoms with Crippen molar-refractivity contribution in [2.24, 2.45) is 10.9 Å². The van der Waals surface area contributed by atoms with Gasteiger partial charge in [-0.3, -0.25) is 0 Å². The molecule has 0 unspecified atom stereocenters. The zero-order chi connectivity index (χ0) is 15.1. The highest BCUT2D eigenvalue weighted by Crippen LogP contribution is 2.13. The third-order valence-corrected chi connectivity index (χ3v) is 2.92. The molecule has 0 saturated carbocycles. The molecular weight excluding hydrogens is 270 g/mol. The zero-order valence-corrected chi connectivity index (χ0v) is 11.4. The first kappa shape index (κ1) is 14.7. The van der Waals surface area contributed by atoms with Crippen LogP contribution in [0.25, 0.3) is 0 Å². The maximum atomic E-state index is 9.19. The molecule has 0 aliphatic rings. The molecule has 2 rings (SSSR count). The van der Waals surface area contributed by atoms with Crippen LogP contribution in [0.3, 0.4) is 0 Å². The second-order valence-corrected chi connectivity index (χ2v) is 4.38. The van der Waals surface area contributed by atoms with Crippen LogP contribution in [0.4, 0.5) is 5.82 Å². The van der Waals surface area contributed by atoms with Gasteiger partial charge in [-0.2, -0.15) is 0 Å². The predicted molar refractivity (Wildman–Crippen MR) is 79.1 cm³/mol. The van der Waals surface area contributed by atoms with Crippen molar-refractivity contribution in [2.45, 2.75) is 6.54 Å². The van der Waals surface area contributed by atoms with Crippen molar-refractivity contribution in [3.63, 3.8) is 0 Å². The summed E-state index contributed by atoms with van der Waals surface area (Å²) in [6.45, 7) is 1.06. The monoisotopic (exact) mass is 287 g/mol. The van der Waals surface area contributed by atoms with Crippen LogP contribution in [0.15, 0.2) is 47.9 Å². The number of nitrogens with two attached hydrogens (primary N) is 1. The molecule has 0 aliphatic heterocycles. The minimum Gasteiger partial charge on any atom is -0.409 e. The fourth-order valence-electron chi connectivity index (χ4n) is 1.87. The molecule has 0 radical (unpaired) electrons. The number of aromatic nitrogens is 2. The molecule has 0 saturated heterocycles. The lowest BCUT2D eigenvalue weighted by Crippen LogP contribution is -2.27. The summed E-state index contributed by atoms with van der Waals surface area (Å²) in [7, 11) is 0. The van der Waals surface area contributed by atoms with E-state index in [0.29, 0.717) is 24.6 Å². The Morgan fingerprint density at radius 2 is 1.95 bits per heavy atom. The molecule has 1 heterocycles. The van der Waals surface area contributed by atoms with Crippen molar-refractivity contribution in [2.75, 3.05) is 18.1 Å². The molecule has 21 heavy (non-hydrogen) atoms. The van der Waals surface area contributed by atoms with Crippen molar-refractivity contribution in [3.05, 3.63) is 54.0 Å². The number of rotatable bonds is 6. The van der Waals surface area contributed by atoms with E-state index in [9.17, 15) is 5.11 Å². The summed E-state index contributed by atoms with van der Waals surface area (Å²) in [5.74, 6) is 0.521. The van der Waals surface area contributed by atoms with Gasteiger partial charge < -0.3 is 20.9 Å². The van der Waals surface area contributed by atoms with E-state index < -0.39 is 0 Å². The van der Waals surface area contributed by atoms with Gasteiger partial charge in [0.1, 0.15) is 11.5 Å². The average molecular weight is 287 g/mol. The van der Waals surface area contributed by atoms with Gasteiger partial charge in [0.15, 0.2) is 5.84 Å². The van der Waals surface area contributed by atoms with E-state index in [1.165, 1.54) is 12.4 Å². The number of benzene rings is 1. The Bertz CT molecular complexity index is 586. The Kier molecular flexibility index (Phi) is 5.05. The molecule has 4 N–H and O–H groups in total. The smallest absolute Gasteiger partial charge is 0.190 e. The van der Waals surface area contributed by atoms with Crippen LogP contribution in [0.5, 0.6) is 0 Å². The molecule has 0 bridgehead atoms. The molecular formula is C14H17N5O2. The minimum atomic E-state index is -0.0918. The Labute approximate surface area is 122 Å². The quantitative estimate of drug-likeness (QED) is 0.310. The van der Waals surface area contributed by atoms with Gasteiger partial charge in [-0.1, -0.05) is 35.5 Å². The summed E-state index contributed by atoms with van der Waals surface area (Å²) < 4.78 is 0. The van der Waals surface area contributed by atoms with Crippen molar-refractivity contribution in [3.8, 4) is 0 Å².